The first-order valence-electron chi connectivity index (χ1n) is 11.2. The molecule has 1 aliphatic heterocycles. The van der Waals surface area contributed by atoms with Gasteiger partial charge in [-0.05, 0) is 42.6 Å². The Morgan fingerprint density at radius 3 is 2.89 bits per heavy atom. The number of rotatable bonds is 4. The highest BCUT2D eigenvalue weighted by Crippen LogP contribution is 2.46. The van der Waals surface area contributed by atoms with Crippen LogP contribution in [0, 0.1) is 5.82 Å². The van der Waals surface area contributed by atoms with Gasteiger partial charge in [-0.3, -0.25) is 9.89 Å². The number of piperazine rings is 1. The first kappa shape index (κ1) is 23.9. The lowest BCUT2D eigenvalue weighted by molar-refractivity contribution is -0.127. The second-order valence-electron chi connectivity index (χ2n) is 8.97. The van der Waals surface area contributed by atoms with E-state index >= 15 is 4.39 Å². The van der Waals surface area contributed by atoms with Gasteiger partial charge in [-0.25, -0.2) is 13.2 Å². The number of benzene rings is 1. The van der Waals surface area contributed by atoms with E-state index in [4.69, 9.17) is 11.6 Å². The van der Waals surface area contributed by atoms with Crippen LogP contribution in [-0.4, -0.2) is 57.5 Å². The molecule has 35 heavy (non-hydrogen) atoms. The highest BCUT2D eigenvalue weighted by molar-refractivity contribution is 7.11. The zero-order chi connectivity index (χ0) is 25.0. The van der Waals surface area contributed by atoms with Gasteiger partial charge in [-0.2, -0.15) is 9.47 Å². The Morgan fingerprint density at radius 1 is 1.40 bits per heavy atom. The maximum atomic E-state index is 16.0. The van der Waals surface area contributed by atoms with Gasteiger partial charge in [0.2, 0.25) is 5.91 Å². The predicted octanol–water partition coefficient (Wildman–Crippen LogP) is 5.61. The molecule has 0 saturated carbocycles. The van der Waals surface area contributed by atoms with Gasteiger partial charge < -0.3 is 9.80 Å². The van der Waals surface area contributed by atoms with E-state index in [0.717, 1.165) is 40.9 Å². The molecule has 5 rings (SSSR count). The number of nitrogens with one attached hydrogen (secondary N) is 1. The minimum atomic E-state index is -2.72. The number of halogens is 4. The van der Waals surface area contributed by atoms with E-state index < -0.39 is 24.2 Å². The van der Waals surface area contributed by atoms with Crippen LogP contribution in [0.2, 0.25) is 5.02 Å². The van der Waals surface area contributed by atoms with Gasteiger partial charge in [0.25, 0.3) is 6.43 Å². The second-order valence-corrected chi connectivity index (χ2v) is 10.1. The highest BCUT2D eigenvalue weighted by atomic mass is 35.5. The molecule has 0 spiro atoms. The van der Waals surface area contributed by atoms with Gasteiger partial charge in [0.05, 0.1) is 11.2 Å². The normalized spacial score (nSPS) is 20.7. The molecule has 11 heteroatoms. The minimum absolute atomic E-state index is 0.0889. The van der Waals surface area contributed by atoms with E-state index in [1.807, 2.05) is 6.92 Å². The topological polar surface area (TPSA) is 65.1 Å². The number of hydrogen-bond donors (Lipinski definition) is 1. The molecule has 2 aromatic heterocycles. The molecule has 1 saturated heterocycles. The monoisotopic (exact) mass is 521 g/mol. The quantitative estimate of drug-likeness (QED) is 0.453. The predicted molar refractivity (Wildman–Crippen MR) is 132 cm³/mol. The number of amides is 1. The second kappa shape index (κ2) is 8.98. The Kier molecular flexibility index (Phi) is 6.13. The lowest BCUT2D eigenvalue weighted by Crippen LogP contribution is -2.57. The summed E-state index contributed by atoms with van der Waals surface area (Å²) in [6.45, 7) is 7.70. The van der Waals surface area contributed by atoms with Gasteiger partial charge in [-0.15, -0.1) is 0 Å². The van der Waals surface area contributed by atoms with Crippen LogP contribution in [0.15, 0.2) is 30.5 Å². The number of nitrogens with zero attached hydrogens (tertiary/aromatic N) is 4. The standard InChI is InChI=1S/C24H23ClF3N5OS/c1-4-17(34)32-5-6-33(16(10-32)23(27)28)24-13-8-15(25)19(20(26)22(13)31-35-24)18-11(2)7-12(3)21-14(18)9-29-30-21/h4,8-9,12,16,23H,1,5-7,10H2,2-3H3,(H,29,30)/t12?,16-/m0/s1. The van der Waals surface area contributed by atoms with E-state index in [1.54, 1.807) is 12.3 Å². The van der Waals surface area contributed by atoms with Crippen molar-refractivity contribution < 1.29 is 18.0 Å². The summed E-state index contributed by atoms with van der Waals surface area (Å²) in [6, 6.07) is 0.354. The molecule has 0 radical (unpaired) electrons. The molecule has 2 aliphatic rings. The number of H-pyrrole nitrogens is 1. The third-order valence-corrected chi connectivity index (χ3v) is 8.02. The molecule has 2 atom stereocenters. The molecule has 1 N–H and O–H groups in total. The number of fused-ring (bicyclic) bond motifs is 2. The zero-order valence-electron chi connectivity index (χ0n) is 19.1. The summed E-state index contributed by atoms with van der Waals surface area (Å²) >= 11 is 7.63. The number of allylic oxidation sites excluding steroid dienone is 1. The first-order valence-corrected chi connectivity index (χ1v) is 12.3. The molecule has 1 amide bonds. The molecular weight excluding hydrogens is 499 g/mol. The van der Waals surface area contributed by atoms with Crippen LogP contribution in [0.5, 0.6) is 0 Å². The van der Waals surface area contributed by atoms with Crippen molar-refractivity contribution >= 4 is 50.5 Å². The molecule has 0 bridgehead atoms. The number of aromatic amines is 1. The summed E-state index contributed by atoms with van der Waals surface area (Å²) in [4.78, 5) is 14.8. The van der Waals surface area contributed by atoms with Crippen LogP contribution in [0.3, 0.4) is 0 Å². The summed E-state index contributed by atoms with van der Waals surface area (Å²) in [5.41, 5.74) is 3.74. The maximum Gasteiger partial charge on any atom is 0.260 e. The number of aromatic nitrogens is 3. The number of hydrogen-bond acceptors (Lipinski definition) is 5. The largest absolute Gasteiger partial charge is 0.349 e. The average Bonchev–Trinajstić information content (AvgIpc) is 3.48. The van der Waals surface area contributed by atoms with Crippen molar-refractivity contribution in [2.75, 3.05) is 24.5 Å². The summed E-state index contributed by atoms with van der Waals surface area (Å²) in [6.07, 6.45) is 0.798. The fraction of sp³-hybridized carbons (Fsp3) is 0.375. The Labute approximate surface area is 209 Å². The minimum Gasteiger partial charge on any atom is -0.349 e. The van der Waals surface area contributed by atoms with Crippen LogP contribution in [0.1, 0.15) is 43.0 Å². The van der Waals surface area contributed by atoms with Crippen LogP contribution in [0.4, 0.5) is 18.2 Å². The van der Waals surface area contributed by atoms with Gasteiger partial charge in [0.15, 0.2) is 5.82 Å². The molecule has 1 aromatic carbocycles. The average molecular weight is 522 g/mol. The third kappa shape index (κ3) is 3.83. The van der Waals surface area contributed by atoms with E-state index in [0.29, 0.717) is 16.0 Å². The molecule has 3 aromatic rings. The smallest absolute Gasteiger partial charge is 0.260 e. The molecular formula is C24H23ClF3N5OS. The van der Waals surface area contributed by atoms with Crippen molar-refractivity contribution in [3.05, 3.63) is 58.2 Å². The summed E-state index contributed by atoms with van der Waals surface area (Å²) in [5.74, 6) is -0.766. The van der Waals surface area contributed by atoms with Crippen LogP contribution >= 0.6 is 23.1 Å². The number of carbonyl (C=O) groups excluding carboxylic acids is 1. The lowest BCUT2D eigenvalue weighted by atomic mass is 9.81. The van der Waals surface area contributed by atoms with Gasteiger partial charge in [0, 0.05) is 47.8 Å². The van der Waals surface area contributed by atoms with Crippen molar-refractivity contribution in [2.45, 2.75) is 38.7 Å². The first-order chi connectivity index (χ1) is 16.7. The van der Waals surface area contributed by atoms with E-state index in [-0.39, 0.29) is 41.7 Å². The van der Waals surface area contributed by atoms with Crippen molar-refractivity contribution in [1.82, 2.24) is 19.5 Å². The van der Waals surface area contributed by atoms with Crippen molar-refractivity contribution in [3.8, 4) is 0 Å². The van der Waals surface area contributed by atoms with Crippen LogP contribution in [-0.2, 0) is 4.79 Å². The van der Waals surface area contributed by atoms with Crippen molar-refractivity contribution in [2.24, 2.45) is 0 Å². The van der Waals surface area contributed by atoms with Crippen LogP contribution < -0.4 is 4.90 Å². The lowest BCUT2D eigenvalue weighted by Gasteiger charge is -2.41. The SMILES string of the molecule is C=CC(=O)N1CCN(c2snc3c(F)c(C4=C(C)CC(C)c5[nH]ncc54)c(Cl)cc23)[C@H](C(F)F)C1. The van der Waals surface area contributed by atoms with E-state index in [1.165, 1.54) is 9.80 Å². The summed E-state index contributed by atoms with van der Waals surface area (Å²) < 4.78 is 48.4. The van der Waals surface area contributed by atoms with Gasteiger partial charge >= 0.3 is 0 Å². The highest BCUT2D eigenvalue weighted by Gasteiger charge is 2.37. The molecule has 1 fully saturated rings. The van der Waals surface area contributed by atoms with E-state index in [9.17, 15) is 13.6 Å². The van der Waals surface area contributed by atoms with Crippen molar-refractivity contribution in [1.29, 1.82) is 0 Å². The number of alkyl halides is 2. The Bertz CT molecular complexity index is 1370. The zero-order valence-corrected chi connectivity index (χ0v) is 20.7. The summed E-state index contributed by atoms with van der Waals surface area (Å²) in [5, 5.41) is 8.13. The molecule has 3 heterocycles. The molecule has 184 valence electrons. The fourth-order valence-electron chi connectivity index (χ4n) is 5.15. The maximum absolute atomic E-state index is 16.0. The van der Waals surface area contributed by atoms with Gasteiger partial charge in [0.1, 0.15) is 16.6 Å². The fourth-order valence-corrected chi connectivity index (χ4v) is 6.38. The molecule has 1 aliphatic carbocycles. The van der Waals surface area contributed by atoms with Crippen molar-refractivity contribution in [3.63, 3.8) is 0 Å². The van der Waals surface area contributed by atoms with Gasteiger partial charge in [-0.1, -0.05) is 30.7 Å². The number of carbonyl (C=O) groups is 1. The molecule has 6 nitrogen and oxygen atoms in total. The third-order valence-electron chi connectivity index (χ3n) is 6.82. The van der Waals surface area contributed by atoms with Crippen LogP contribution in [0.25, 0.3) is 16.5 Å². The molecule has 1 unspecified atom stereocenters. The van der Waals surface area contributed by atoms with E-state index in [2.05, 4.69) is 28.1 Å². The summed E-state index contributed by atoms with van der Waals surface area (Å²) in [7, 11) is 0. The Morgan fingerprint density at radius 2 is 2.17 bits per heavy atom. The number of anilines is 1. The Hall–Kier alpha value is -2.85. The Balaban J connectivity index is 1.59.